The Bertz CT molecular complexity index is 577. The first-order valence-electron chi connectivity index (χ1n) is 5.67. The van der Waals surface area contributed by atoms with Crippen molar-refractivity contribution in [1.82, 2.24) is 0 Å². The molecule has 0 heterocycles. The van der Waals surface area contributed by atoms with E-state index in [0.717, 1.165) is 21.9 Å². The van der Waals surface area contributed by atoms with E-state index in [9.17, 15) is 9.90 Å². The Morgan fingerprint density at radius 1 is 1.12 bits per heavy atom. The lowest BCUT2D eigenvalue weighted by Gasteiger charge is -2.22. The van der Waals surface area contributed by atoms with E-state index in [0.29, 0.717) is 0 Å². The van der Waals surface area contributed by atoms with E-state index in [1.807, 2.05) is 43.3 Å². The third kappa shape index (κ3) is 1.80. The number of fused-ring (bicyclic) bond motifs is 1. The summed E-state index contributed by atoms with van der Waals surface area (Å²) in [6.45, 7) is 5.51. The molecule has 1 N–H and O–H groups in total. The van der Waals surface area contributed by atoms with Crippen molar-refractivity contribution < 1.29 is 9.90 Å². The third-order valence-corrected chi connectivity index (χ3v) is 3.32. The molecule has 0 aromatic heterocycles. The van der Waals surface area contributed by atoms with Gasteiger partial charge in [0.15, 0.2) is 0 Å². The number of benzene rings is 2. The normalized spacial score (nSPS) is 11.7. The molecule has 2 rings (SSSR count). The summed E-state index contributed by atoms with van der Waals surface area (Å²) in [5, 5.41) is 11.5. The highest BCUT2D eigenvalue weighted by atomic mass is 16.4. The molecule has 0 aliphatic heterocycles. The van der Waals surface area contributed by atoms with E-state index in [1.165, 1.54) is 0 Å². The van der Waals surface area contributed by atoms with Gasteiger partial charge in [-0.15, -0.1) is 0 Å². The highest BCUT2D eigenvalue weighted by Gasteiger charge is 2.31. The quantitative estimate of drug-likeness (QED) is 0.854. The van der Waals surface area contributed by atoms with Crippen molar-refractivity contribution >= 4 is 16.7 Å². The minimum atomic E-state index is -0.869. The van der Waals surface area contributed by atoms with Crippen molar-refractivity contribution in [2.45, 2.75) is 26.2 Å². The van der Waals surface area contributed by atoms with Crippen molar-refractivity contribution in [3.8, 4) is 0 Å². The maximum Gasteiger partial charge on any atom is 0.313 e. The largest absolute Gasteiger partial charge is 0.481 e. The average Bonchev–Trinajstić information content (AvgIpc) is 2.28. The van der Waals surface area contributed by atoms with Crippen LogP contribution in [0.4, 0.5) is 0 Å². The molecule has 0 amide bonds. The highest BCUT2D eigenvalue weighted by Crippen LogP contribution is 2.32. The summed E-state index contributed by atoms with van der Waals surface area (Å²) in [6.07, 6.45) is 0. The van der Waals surface area contributed by atoms with E-state index in [2.05, 4.69) is 0 Å². The summed E-state index contributed by atoms with van der Waals surface area (Å²) in [7, 11) is 0. The van der Waals surface area contributed by atoms with Gasteiger partial charge in [-0.3, -0.25) is 4.79 Å². The number of rotatable bonds is 2. The average molecular weight is 228 g/mol. The van der Waals surface area contributed by atoms with Crippen LogP contribution in [0.2, 0.25) is 0 Å². The first-order valence-corrected chi connectivity index (χ1v) is 5.67. The summed E-state index contributed by atoms with van der Waals surface area (Å²) < 4.78 is 0. The molecular weight excluding hydrogens is 212 g/mol. The monoisotopic (exact) mass is 228 g/mol. The van der Waals surface area contributed by atoms with Crippen LogP contribution in [0.1, 0.15) is 25.0 Å². The van der Waals surface area contributed by atoms with Gasteiger partial charge in [-0.25, -0.2) is 0 Å². The number of carboxylic acids is 1. The van der Waals surface area contributed by atoms with E-state index in [-0.39, 0.29) is 0 Å². The van der Waals surface area contributed by atoms with Gasteiger partial charge in [0.05, 0.1) is 5.41 Å². The summed E-state index contributed by atoms with van der Waals surface area (Å²) in [5.41, 5.74) is 1.12. The van der Waals surface area contributed by atoms with Crippen LogP contribution in [0.3, 0.4) is 0 Å². The van der Waals surface area contributed by atoms with Gasteiger partial charge in [-0.05, 0) is 42.7 Å². The number of aliphatic carboxylic acids is 1. The van der Waals surface area contributed by atoms with Gasteiger partial charge in [-0.1, -0.05) is 36.4 Å². The fraction of sp³-hybridized carbons (Fsp3) is 0.267. The molecule has 0 unspecified atom stereocenters. The van der Waals surface area contributed by atoms with Gasteiger partial charge in [0, 0.05) is 0 Å². The van der Waals surface area contributed by atoms with Gasteiger partial charge >= 0.3 is 5.97 Å². The van der Waals surface area contributed by atoms with Gasteiger partial charge in [0.1, 0.15) is 0 Å². The van der Waals surface area contributed by atoms with Crippen LogP contribution in [0.5, 0.6) is 0 Å². The van der Waals surface area contributed by atoms with Crippen molar-refractivity contribution in [2.24, 2.45) is 0 Å². The minimum absolute atomic E-state index is 0.798. The lowest BCUT2D eigenvalue weighted by Crippen LogP contribution is -2.28. The first-order chi connectivity index (χ1) is 7.94. The molecule has 0 fully saturated rings. The van der Waals surface area contributed by atoms with Crippen LogP contribution in [0.25, 0.3) is 10.8 Å². The predicted octanol–water partition coefficient (Wildman–Crippen LogP) is 3.51. The van der Waals surface area contributed by atoms with E-state index in [4.69, 9.17) is 0 Å². The van der Waals surface area contributed by atoms with Gasteiger partial charge in [-0.2, -0.15) is 0 Å². The molecule has 0 spiro atoms. The first kappa shape index (κ1) is 11.6. The fourth-order valence-electron chi connectivity index (χ4n) is 2.16. The smallest absolute Gasteiger partial charge is 0.313 e. The molecule has 0 saturated heterocycles. The SMILES string of the molecule is Cc1cccc2cccc(C(C)(C)C(=O)O)c12. The van der Waals surface area contributed by atoms with Crippen molar-refractivity contribution in [3.05, 3.63) is 47.5 Å². The molecule has 2 aromatic rings. The maximum atomic E-state index is 11.4. The Morgan fingerprint density at radius 2 is 1.71 bits per heavy atom. The molecule has 0 aliphatic rings. The molecule has 17 heavy (non-hydrogen) atoms. The molecule has 0 atom stereocenters. The van der Waals surface area contributed by atoms with Crippen LogP contribution in [0, 0.1) is 6.92 Å². The molecular formula is C15H16O2. The number of carbonyl (C=O) groups is 1. The second-order valence-corrected chi connectivity index (χ2v) is 4.91. The summed E-state index contributed by atoms with van der Waals surface area (Å²) >= 11 is 0. The van der Waals surface area contributed by atoms with E-state index in [1.54, 1.807) is 13.8 Å². The van der Waals surface area contributed by atoms with Gasteiger partial charge in [0.25, 0.3) is 0 Å². The highest BCUT2D eigenvalue weighted by molar-refractivity contribution is 5.94. The number of hydrogen-bond donors (Lipinski definition) is 1. The number of hydrogen-bond acceptors (Lipinski definition) is 1. The Balaban J connectivity index is 2.83. The molecule has 0 radical (unpaired) electrons. The Kier molecular flexibility index (Phi) is 2.66. The molecule has 0 bridgehead atoms. The topological polar surface area (TPSA) is 37.3 Å². The summed E-state index contributed by atoms with van der Waals surface area (Å²) in [5.74, 6) is -0.798. The Labute approximate surface area is 101 Å². The second-order valence-electron chi connectivity index (χ2n) is 4.91. The van der Waals surface area contributed by atoms with Gasteiger partial charge < -0.3 is 5.11 Å². The van der Waals surface area contributed by atoms with E-state index < -0.39 is 11.4 Å². The maximum absolute atomic E-state index is 11.4. The Hall–Kier alpha value is -1.83. The van der Waals surface area contributed by atoms with Gasteiger partial charge in [0.2, 0.25) is 0 Å². The van der Waals surface area contributed by atoms with Crippen LogP contribution in [0.15, 0.2) is 36.4 Å². The molecule has 0 saturated carbocycles. The molecule has 88 valence electrons. The minimum Gasteiger partial charge on any atom is -0.481 e. The Morgan fingerprint density at radius 3 is 2.29 bits per heavy atom. The zero-order valence-corrected chi connectivity index (χ0v) is 10.3. The van der Waals surface area contributed by atoms with Crippen molar-refractivity contribution in [2.75, 3.05) is 0 Å². The predicted molar refractivity (Wildman–Crippen MR) is 69.3 cm³/mol. The third-order valence-electron chi connectivity index (χ3n) is 3.32. The second kappa shape index (κ2) is 3.88. The van der Waals surface area contributed by atoms with Crippen LogP contribution >= 0.6 is 0 Å². The molecule has 2 nitrogen and oxygen atoms in total. The molecule has 0 aliphatic carbocycles. The van der Waals surface area contributed by atoms with Crippen LogP contribution < -0.4 is 0 Å². The lowest BCUT2D eigenvalue weighted by molar-refractivity contribution is -0.142. The standard InChI is InChI=1S/C15H16O2/c1-10-6-4-7-11-8-5-9-12(13(10)11)15(2,3)14(16)17/h4-9H,1-3H3,(H,16,17). The number of carboxylic acid groups (broad SMARTS) is 1. The zero-order chi connectivity index (χ0) is 12.6. The van der Waals surface area contributed by atoms with Crippen LogP contribution in [-0.4, -0.2) is 11.1 Å². The van der Waals surface area contributed by atoms with E-state index >= 15 is 0 Å². The fourth-order valence-corrected chi connectivity index (χ4v) is 2.16. The molecule has 2 heteroatoms. The lowest BCUT2D eigenvalue weighted by atomic mass is 9.81. The van der Waals surface area contributed by atoms with Crippen LogP contribution in [-0.2, 0) is 10.2 Å². The molecule has 2 aromatic carbocycles. The number of aryl methyl sites for hydroxylation is 1. The van der Waals surface area contributed by atoms with Crippen molar-refractivity contribution in [3.63, 3.8) is 0 Å². The summed E-state index contributed by atoms with van der Waals surface area (Å²) in [6, 6.07) is 11.9. The zero-order valence-electron chi connectivity index (χ0n) is 10.3. The van der Waals surface area contributed by atoms with Crippen molar-refractivity contribution in [1.29, 1.82) is 0 Å². The summed E-state index contributed by atoms with van der Waals surface area (Å²) in [4.78, 5) is 11.4.